The molecule has 0 fully saturated rings. The molecule has 138 valence electrons. The Kier molecular flexibility index (Phi) is 8.55. The number of ether oxygens (including phenoxy) is 3. The number of carbonyl (C=O) groups excluding carboxylic acids is 3. The summed E-state index contributed by atoms with van der Waals surface area (Å²) in [5.74, 6) is -0.948. The molecule has 0 unspecified atom stereocenters. The number of urea groups is 1. The first-order valence-electron chi connectivity index (χ1n) is 7.68. The number of nitrogens with one attached hydrogen (secondary N) is 2. The van der Waals surface area contributed by atoms with Gasteiger partial charge in [0, 0.05) is 6.54 Å². The minimum atomic E-state index is -0.785. The van der Waals surface area contributed by atoms with Crippen LogP contribution in [-0.4, -0.2) is 44.8 Å². The molecule has 2 N–H and O–H groups in total. The van der Waals surface area contributed by atoms with Crippen molar-refractivity contribution in [3.8, 4) is 11.5 Å². The minimum Gasteiger partial charge on any atom is -0.493 e. The standard InChI is InChI=1S/C16H21ClN2O6/c1-4-6-18-16(22)19-13(20)9-25-15(21)10-7-11(17)14(24-5-2)12(8-10)23-3/h7-8H,4-6,9H2,1-3H3,(H2,18,19,20,22). The molecule has 0 aliphatic rings. The number of rotatable bonds is 8. The predicted molar refractivity (Wildman–Crippen MR) is 91.3 cm³/mol. The lowest BCUT2D eigenvalue weighted by Crippen LogP contribution is -2.41. The molecule has 25 heavy (non-hydrogen) atoms. The van der Waals surface area contributed by atoms with Gasteiger partial charge in [-0.3, -0.25) is 10.1 Å². The van der Waals surface area contributed by atoms with Crippen LogP contribution in [0.3, 0.4) is 0 Å². The summed E-state index contributed by atoms with van der Waals surface area (Å²) >= 11 is 6.07. The predicted octanol–water partition coefficient (Wildman–Crippen LogP) is 2.14. The second kappa shape index (κ2) is 10.4. The van der Waals surface area contributed by atoms with Gasteiger partial charge in [-0.15, -0.1) is 0 Å². The lowest BCUT2D eigenvalue weighted by Gasteiger charge is -2.13. The van der Waals surface area contributed by atoms with E-state index in [-0.39, 0.29) is 16.3 Å². The average molecular weight is 373 g/mol. The minimum absolute atomic E-state index is 0.0912. The maximum Gasteiger partial charge on any atom is 0.338 e. The molecule has 0 spiro atoms. The van der Waals surface area contributed by atoms with E-state index in [9.17, 15) is 14.4 Å². The highest BCUT2D eigenvalue weighted by molar-refractivity contribution is 6.32. The molecule has 3 amide bonds. The van der Waals surface area contributed by atoms with Crippen molar-refractivity contribution >= 4 is 29.5 Å². The van der Waals surface area contributed by atoms with Gasteiger partial charge in [-0.05, 0) is 25.5 Å². The van der Waals surface area contributed by atoms with E-state index >= 15 is 0 Å². The summed E-state index contributed by atoms with van der Waals surface area (Å²) in [4.78, 5) is 34.9. The summed E-state index contributed by atoms with van der Waals surface area (Å²) in [5.41, 5.74) is 0.0912. The molecule has 0 aromatic heterocycles. The first-order chi connectivity index (χ1) is 11.9. The summed E-state index contributed by atoms with van der Waals surface area (Å²) in [5, 5.41) is 4.69. The number of hydrogen-bond acceptors (Lipinski definition) is 6. The van der Waals surface area contributed by atoms with Crippen LogP contribution in [0.4, 0.5) is 4.79 Å². The van der Waals surface area contributed by atoms with E-state index in [4.69, 9.17) is 25.8 Å². The fraction of sp³-hybridized carbons (Fsp3) is 0.438. The number of imide groups is 1. The fourth-order valence-electron chi connectivity index (χ4n) is 1.78. The Labute approximate surface area is 150 Å². The van der Waals surface area contributed by atoms with Gasteiger partial charge < -0.3 is 19.5 Å². The molecule has 0 atom stereocenters. The molecule has 0 aliphatic heterocycles. The molecule has 0 heterocycles. The molecule has 9 heteroatoms. The van der Waals surface area contributed by atoms with E-state index in [2.05, 4.69) is 5.32 Å². The van der Waals surface area contributed by atoms with Crippen LogP contribution in [0.5, 0.6) is 11.5 Å². The third-order valence-electron chi connectivity index (χ3n) is 2.88. The van der Waals surface area contributed by atoms with E-state index in [1.165, 1.54) is 19.2 Å². The van der Waals surface area contributed by atoms with Gasteiger partial charge >= 0.3 is 12.0 Å². The van der Waals surface area contributed by atoms with Gasteiger partial charge in [0.1, 0.15) is 0 Å². The molecule has 0 saturated heterocycles. The van der Waals surface area contributed by atoms with Crippen molar-refractivity contribution in [1.82, 2.24) is 10.6 Å². The van der Waals surface area contributed by atoms with Crippen LogP contribution in [0.25, 0.3) is 0 Å². The highest BCUT2D eigenvalue weighted by atomic mass is 35.5. The van der Waals surface area contributed by atoms with Crippen LogP contribution in [-0.2, 0) is 9.53 Å². The van der Waals surface area contributed by atoms with E-state index in [0.717, 1.165) is 6.42 Å². The molecular formula is C16H21ClN2O6. The van der Waals surface area contributed by atoms with Crippen LogP contribution in [0.15, 0.2) is 12.1 Å². The first kappa shape index (κ1) is 20.6. The molecule has 1 rings (SSSR count). The SMILES string of the molecule is CCCNC(=O)NC(=O)COC(=O)c1cc(Cl)c(OCC)c(OC)c1. The number of methoxy groups -OCH3 is 1. The number of halogens is 1. The first-order valence-corrected chi connectivity index (χ1v) is 8.05. The van der Waals surface area contributed by atoms with Gasteiger partial charge in [-0.1, -0.05) is 18.5 Å². The lowest BCUT2D eigenvalue weighted by molar-refractivity contribution is -0.123. The number of hydrogen-bond donors (Lipinski definition) is 2. The number of esters is 1. The van der Waals surface area contributed by atoms with E-state index in [1.807, 2.05) is 12.2 Å². The van der Waals surface area contributed by atoms with E-state index < -0.39 is 24.5 Å². The molecule has 0 saturated carbocycles. The van der Waals surface area contributed by atoms with Gasteiger partial charge in [-0.2, -0.15) is 0 Å². The number of amides is 3. The number of carbonyl (C=O) groups is 3. The summed E-state index contributed by atoms with van der Waals surface area (Å²) in [6.07, 6.45) is 0.733. The average Bonchev–Trinajstić information content (AvgIpc) is 2.59. The van der Waals surface area contributed by atoms with Gasteiger partial charge in [0.15, 0.2) is 18.1 Å². The number of benzene rings is 1. The van der Waals surface area contributed by atoms with Crippen LogP contribution in [0.2, 0.25) is 5.02 Å². The van der Waals surface area contributed by atoms with Crippen LogP contribution in [0, 0.1) is 0 Å². The van der Waals surface area contributed by atoms with E-state index in [0.29, 0.717) is 18.9 Å². The third-order valence-corrected chi connectivity index (χ3v) is 3.16. The highest BCUT2D eigenvalue weighted by Crippen LogP contribution is 2.36. The van der Waals surface area contributed by atoms with Gasteiger partial charge in [0.2, 0.25) is 0 Å². The lowest BCUT2D eigenvalue weighted by atomic mass is 10.2. The largest absolute Gasteiger partial charge is 0.493 e. The topological polar surface area (TPSA) is 103 Å². The Balaban J connectivity index is 2.67. The summed E-state index contributed by atoms with van der Waals surface area (Å²) in [6, 6.07) is 2.10. The molecule has 0 aliphatic carbocycles. The molecular weight excluding hydrogens is 352 g/mol. The zero-order valence-corrected chi connectivity index (χ0v) is 15.1. The van der Waals surface area contributed by atoms with Gasteiger partial charge in [0.05, 0.1) is 24.3 Å². The van der Waals surface area contributed by atoms with Crippen LogP contribution < -0.4 is 20.1 Å². The van der Waals surface area contributed by atoms with Crippen LogP contribution in [0.1, 0.15) is 30.6 Å². The molecule has 8 nitrogen and oxygen atoms in total. The maximum absolute atomic E-state index is 12.0. The van der Waals surface area contributed by atoms with Crippen molar-refractivity contribution in [2.75, 3.05) is 26.9 Å². The molecule has 1 aromatic carbocycles. The Bertz CT molecular complexity index is 635. The second-order valence-electron chi connectivity index (χ2n) is 4.80. The quantitative estimate of drug-likeness (QED) is 0.678. The summed E-state index contributed by atoms with van der Waals surface area (Å²) in [7, 11) is 1.41. The smallest absolute Gasteiger partial charge is 0.338 e. The molecule has 0 bridgehead atoms. The Morgan fingerprint density at radius 3 is 2.52 bits per heavy atom. The second-order valence-corrected chi connectivity index (χ2v) is 5.21. The Morgan fingerprint density at radius 1 is 1.20 bits per heavy atom. The summed E-state index contributed by atoms with van der Waals surface area (Å²) in [6.45, 7) is 3.86. The normalized spacial score (nSPS) is 9.92. The fourth-order valence-corrected chi connectivity index (χ4v) is 2.05. The van der Waals surface area contributed by atoms with Crippen molar-refractivity contribution in [2.24, 2.45) is 0 Å². The van der Waals surface area contributed by atoms with Crippen molar-refractivity contribution in [2.45, 2.75) is 20.3 Å². The summed E-state index contributed by atoms with van der Waals surface area (Å²) < 4.78 is 15.3. The molecule has 1 aromatic rings. The zero-order valence-electron chi connectivity index (χ0n) is 14.3. The van der Waals surface area contributed by atoms with Crippen molar-refractivity contribution in [1.29, 1.82) is 0 Å². The van der Waals surface area contributed by atoms with E-state index in [1.54, 1.807) is 6.92 Å². The maximum atomic E-state index is 12.0. The van der Waals surface area contributed by atoms with Crippen molar-refractivity contribution < 1.29 is 28.6 Å². The van der Waals surface area contributed by atoms with Gasteiger partial charge in [-0.25, -0.2) is 9.59 Å². The zero-order chi connectivity index (χ0) is 18.8. The van der Waals surface area contributed by atoms with Crippen molar-refractivity contribution in [3.63, 3.8) is 0 Å². The highest BCUT2D eigenvalue weighted by Gasteiger charge is 2.18. The van der Waals surface area contributed by atoms with Crippen LogP contribution >= 0.6 is 11.6 Å². The Morgan fingerprint density at radius 2 is 1.92 bits per heavy atom. The molecule has 0 radical (unpaired) electrons. The Hall–Kier alpha value is -2.48. The van der Waals surface area contributed by atoms with Gasteiger partial charge in [0.25, 0.3) is 5.91 Å². The van der Waals surface area contributed by atoms with Crippen molar-refractivity contribution in [3.05, 3.63) is 22.7 Å². The monoisotopic (exact) mass is 372 g/mol. The third kappa shape index (κ3) is 6.50.